The van der Waals surface area contributed by atoms with Crippen LogP contribution in [0.25, 0.3) is 0 Å². The minimum Gasteiger partial charge on any atom is -0.480 e. The number of amides is 1. The molecule has 0 saturated carbocycles. The number of carboxylic acids is 1. The van der Waals surface area contributed by atoms with Crippen LogP contribution in [-0.4, -0.2) is 51.3 Å². The Kier molecular flexibility index (Phi) is 6.79. The van der Waals surface area contributed by atoms with Gasteiger partial charge in [0.25, 0.3) is 0 Å². The number of likely N-dealkylation sites (tertiary alicyclic amines) is 1. The molecule has 1 aliphatic rings. The molecule has 2 atom stereocenters. The second kappa shape index (κ2) is 8.84. The average molecular weight is 379 g/mol. The van der Waals surface area contributed by atoms with Crippen LogP contribution in [0.15, 0.2) is 24.3 Å². The molecule has 1 amide bonds. The van der Waals surface area contributed by atoms with Gasteiger partial charge in [0.1, 0.15) is 11.8 Å². The van der Waals surface area contributed by atoms with Gasteiger partial charge in [0.15, 0.2) is 0 Å². The number of para-hydroxylation sites is 1. The zero-order chi connectivity index (χ0) is 19.3. The van der Waals surface area contributed by atoms with Crippen LogP contribution in [-0.2, 0) is 14.4 Å². The highest BCUT2D eigenvalue weighted by Gasteiger charge is 2.35. The Morgan fingerprint density at radius 1 is 1.31 bits per heavy atom. The van der Waals surface area contributed by atoms with Crippen LogP contribution in [0.3, 0.4) is 0 Å². The number of ether oxygens (including phenoxy) is 1. The second-order valence-electron chi connectivity index (χ2n) is 6.12. The Bertz CT molecular complexity index is 719. The molecular formula is C18H21NO6S. The first-order valence-electron chi connectivity index (χ1n) is 8.29. The zero-order valence-corrected chi connectivity index (χ0v) is 15.5. The molecule has 8 heteroatoms. The molecule has 0 aromatic heterocycles. The molecule has 1 aliphatic heterocycles. The maximum absolute atomic E-state index is 12.5. The Hall–Kier alpha value is -2.35. The summed E-state index contributed by atoms with van der Waals surface area (Å²) in [5.41, 5.74) is 0.261. The lowest BCUT2D eigenvalue weighted by Crippen LogP contribution is -2.43. The van der Waals surface area contributed by atoms with Gasteiger partial charge in [-0.3, -0.25) is 14.4 Å². The van der Waals surface area contributed by atoms with Crippen LogP contribution >= 0.6 is 11.8 Å². The molecule has 0 bridgehead atoms. The van der Waals surface area contributed by atoms with Gasteiger partial charge in [-0.25, -0.2) is 4.79 Å². The lowest BCUT2D eigenvalue weighted by atomic mass is 10.1. The highest BCUT2D eigenvalue weighted by Crippen LogP contribution is 2.26. The van der Waals surface area contributed by atoms with E-state index in [1.165, 1.54) is 17.9 Å². The molecule has 140 valence electrons. The number of carbonyl (C=O) groups is 4. The van der Waals surface area contributed by atoms with Crippen molar-refractivity contribution in [3.8, 4) is 5.75 Å². The van der Waals surface area contributed by atoms with E-state index in [0.29, 0.717) is 19.4 Å². The fraction of sp³-hybridized carbons (Fsp3) is 0.444. The van der Waals surface area contributed by atoms with E-state index < -0.39 is 23.9 Å². The summed E-state index contributed by atoms with van der Waals surface area (Å²) in [5, 5.41) is 8.88. The van der Waals surface area contributed by atoms with E-state index in [1.807, 2.05) is 0 Å². The van der Waals surface area contributed by atoms with E-state index >= 15 is 0 Å². The number of aliphatic carboxylic acids is 1. The molecule has 26 heavy (non-hydrogen) atoms. The van der Waals surface area contributed by atoms with Gasteiger partial charge in [-0.2, -0.15) is 0 Å². The number of esters is 1. The molecule has 0 radical (unpaired) electrons. The van der Waals surface area contributed by atoms with Gasteiger partial charge < -0.3 is 14.7 Å². The first kappa shape index (κ1) is 20.0. The second-order valence-corrected chi connectivity index (χ2v) is 7.11. The lowest BCUT2D eigenvalue weighted by Gasteiger charge is -2.24. The normalized spacial score (nSPS) is 17.6. The largest absolute Gasteiger partial charge is 0.480 e. The third-order valence-electron chi connectivity index (χ3n) is 4.07. The maximum Gasteiger partial charge on any atom is 0.326 e. The van der Waals surface area contributed by atoms with Crippen molar-refractivity contribution in [2.24, 2.45) is 5.92 Å². The predicted octanol–water partition coefficient (Wildman–Crippen LogP) is 2.20. The molecule has 7 nitrogen and oxygen atoms in total. The van der Waals surface area contributed by atoms with E-state index in [0.717, 1.165) is 11.8 Å². The third-order valence-corrected chi connectivity index (χ3v) is 5.22. The van der Waals surface area contributed by atoms with Crippen molar-refractivity contribution in [2.45, 2.75) is 32.7 Å². The van der Waals surface area contributed by atoms with Gasteiger partial charge in [-0.1, -0.05) is 30.8 Å². The molecule has 1 fully saturated rings. The first-order valence-corrected chi connectivity index (χ1v) is 9.27. The van der Waals surface area contributed by atoms with Crippen LogP contribution in [0.1, 0.15) is 37.0 Å². The van der Waals surface area contributed by atoms with Gasteiger partial charge in [-0.15, -0.1) is 0 Å². The summed E-state index contributed by atoms with van der Waals surface area (Å²) in [4.78, 5) is 48.6. The molecule has 2 rings (SSSR count). The Morgan fingerprint density at radius 2 is 2.00 bits per heavy atom. The summed E-state index contributed by atoms with van der Waals surface area (Å²) in [5.74, 6) is -1.88. The fourth-order valence-corrected chi connectivity index (χ4v) is 3.67. The summed E-state index contributed by atoms with van der Waals surface area (Å²) in [6.45, 7) is 3.36. The van der Waals surface area contributed by atoms with Crippen molar-refractivity contribution >= 4 is 34.7 Å². The fourth-order valence-electron chi connectivity index (χ4n) is 2.80. The Morgan fingerprint density at radius 3 is 2.65 bits per heavy atom. The van der Waals surface area contributed by atoms with E-state index in [-0.39, 0.29) is 28.1 Å². The summed E-state index contributed by atoms with van der Waals surface area (Å²) < 4.78 is 5.03. The number of hydrogen-bond acceptors (Lipinski definition) is 6. The van der Waals surface area contributed by atoms with Gasteiger partial charge in [0.2, 0.25) is 11.0 Å². The number of nitrogens with zero attached hydrogens (tertiary/aromatic N) is 1. The number of carbonyl (C=O) groups excluding carboxylic acids is 3. The molecule has 0 spiro atoms. The number of hydrogen-bond donors (Lipinski definition) is 1. The highest BCUT2D eigenvalue weighted by molar-refractivity contribution is 8.14. The molecule has 1 N–H and O–H groups in total. The van der Waals surface area contributed by atoms with Gasteiger partial charge in [0.05, 0.1) is 5.56 Å². The standard InChI is InChI=1S/C18H21NO6S/c1-11(16(21)19-9-5-7-14(19)17(22)23)10-26-18(24)13-6-3-4-8-15(13)25-12(2)20/h3-4,6,8,11,14H,5,7,9-10H2,1-2H3,(H,22,23)/t11-,14+/m1/s1. The number of thioether (sulfide) groups is 1. The molecule has 1 aromatic rings. The van der Waals surface area contributed by atoms with Gasteiger partial charge >= 0.3 is 11.9 Å². The molecule has 0 unspecified atom stereocenters. The van der Waals surface area contributed by atoms with Crippen LogP contribution < -0.4 is 4.74 Å². The molecular weight excluding hydrogens is 358 g/mol. The van der Waals surface area contributed by atoms with Gasteiger partial charge in [-0.05, 0) is 25.0 Å². The van der Waals surface area contributed by atoms with Crippen molar-refractivity contribution in [1.29, 1.82) is 0 Å². The average Bonchev–Trinajstić information content (AvgIpc) is 3.08. The topological polar surface area (TPSA) is 101 Å². The smallest absolute Gasteiger partial charge is 0.326 e. The summed E-state index contributed by atoms with van der Waals surface area (Å²) in [6.07, 6.45) is 1.12. The van der Waals surface area contributed by atoms with E-state index in [1.54, 1.807) is 25.1 Å². The number of carboxylic acid groups (broad SMARTS) is 1. The minimum absolute atomic E-state index is 0.182. The lowest BCUT2D eigenvalue weighted by molar-refractivity contribution is -0.149. The maximum atomic E-state index is 12.5. The third kappa shape index (κ3) is 4.85. The molecule has 1 aromatic carbocycles. The van der Waals surface area contributed by atoms with Crippen molar-refractivity contribution in [2.75, 3.05) is 12.3 Å². The van der Waals surface area contributed by atoms with Gasteiger partial charge in [0, 0.05) is 25.1 Å². The highest BCUT2D eigenvalue weighted by atomic mass is 32.2. The summed E-state index contributed by atoms with van der Waals surface area (Å²) in [6, 6.07) is 5.63. The van der Waals surface area contributed by atoms with Crippen LogP contribution in [0.5, 0.6) is 5.75 Å². The minimum atomic E-state index is -0.998. The first-order chi connectivity index (χ1) is 12.3. The zero-order valence-electron chi connectivity index (χ0n) is 14.6. The SMILES string of the molecule is CC(=O)Oc1ccccc1C(=O)SC[C@@H](C)C(=O)N1CCC[C@H]1C(=O)O. The predicted molar refractivity (Wildman–Crippen MR) is 96.1 cm³/mol. The van der Waals surface area contributed by atoms with Crippen molar-refractivity contribution in [3.63, 3.8) is 0 Å². The van der Waals surface area contributed by atoms with Crippen LogP contribution in [0.4, 0.5) is 0 Å². The molecule has 0 aliphatic carbocycles. The molecule has 1 saturated heterocycles. The van der Waals surface area contributed by atoms with Crippen LogP contribution in [0, 0.1) is 5.92 Å². The Balaban J connectivity index is 1.98. The van der Waals surface area contributed by atoms with E-state index in [9.17, 15) is 24.3 Å². The van der Waals surface area contributed by atoms with E-state index in [2.05, 4.69) is 0 Å². The quantitative estimate of drug-likeness (QED) is 0.597. The van der Waals surface area contributed by atoms with Crippen molar-refractivity contribution in [3.05, 3.63) is 29.8 Å². The number of rotatable bonds is 6. The molecule has 1 heterocycles. The van der Waals surface area contributed by atoms with E-state index in [4.69, 9.17) is 4.74 Å². The van der Waals surface area contributed by atoms with Crippen LogP contribution in [0.2, 0.25) is 0 Å². The van der Waals surface area contributed by atoms with Crippen molar-refractivity contribution in [1.82, 2.24) is 4.90 Å². The van der Waals surface area contributed by atoms with Crippen molar-refractivity contribution < 1.29 is 29.0 Å². The number of benzene rings is 1. The summed E-state index contributed by atoms with van der Waals surface area (Å²) in [7, 11) is 0. The summed E-state index contributed by atoms with van der Waals surface area (Å²) >= 11 is 0.950. The Labute approximate surface area is 155 Å². The monoisotopic (exact) mass is 379 g/mol.